The van der Waals surface area contributed by atoms with Crippen LogP contribution in [0.5, 0.6) is 0 Å². The van der Waals surface area contributed by atoms with Gasteiger partial charge in [0.1, 0.15) is 0 Å². The Hall–Kier alpha value is -0.960. The molecule has 0 bridgehead atoms. The molecule has 0 saturated carbocycles. The molecule has 2 nitrogen and oxygen atoms in total. The van der Waals surface area contributed by atoms with Crippen LogP contribution < -0.4 is 5.32 Å². The molecule has 0 saturated heterocycles. The van der Waals surface area contributed by atoms with Gasteiger partial charge in [-0.25, -0.2) is 0 Å². The molecular formula is C11H15NOS. The number of anilines is 1. The van der Waals surface area contributed by atoms with Crippen LogP contribution in [0.1, 0.15) is 19.4 Å². The molecule has 3 heteroatoms. The fraction of sp³-hybridized carbons (Fsp3) is 0.364. The summed E-state index contributed by atoms with van der Waals surface area (Å²) >= 11 is 1.30. The number of carbonyl (C=O) groups is 1. The molecular weight excluding hydrogens is 194 g/mol. The number of amides is 1. The van der Waals surface area contributed by atoms with Gasteiger partial charge in [0.2, 0.25) is 0 Å². The Morgan fingerprint density at radius 2 is 1.86 bits per heavy atom. The molecule has 0 atom stereocenters. The van der Waals surface area contributed by atoms with Crippen molar-refractivity contribution >= 4 is 22.7 Å². The Bertz CT molecular complexity index is 306. The number of thioether (sulfide) groups is 1. The lowest BCUT2D eigenvalue weighted by Crippen LogP contribution is -2.07. The van der Waals surface area contributed by atoms with Crippen LogP contribution in [0.15, 0.2) is 24.3 Å². The number of benzene rings is 1. The van der Waals surface area contributed by atoms with Crippen LogP contribution in [-0.2, 0) is 0 Å². The second-order valence-corrected chi connectivity index (χ2v) is 4.99. The molecule has 14 heavy (non-hydrogen) atoms. The van der Waals surface area contributed by atoms with E-state index in [1.165, 1.54) is 17.3 Å². The third-order valence-corrected chi connectivity index (χ3v) is 2.43. The zero-order valence-corrected chi connectivity index (χ0v) is 9.52. The van der Waals surface area contributed by atoms with Crippen LogP contribution in [0, 0.1) is 6.92 Å². The highest BCUT2D eigenvalue weighted by Gasteiger charge is 2.04. The highest BCUT2D eigenvalue weighted by Crippen LogP contribution is 2.15. The first-order valence-electron chi connectivity index (χ1n) is 4.62. The van der Waals surface area contributed by atoms with Gasteiger partial charge in [-0.3, -0.25) is 4.79 Å². The number of aryl methyl sites for hydroxylation is 1. The molecule has 0 aromatic heterocycles. The van der Waals surface area contributed by atoms with Gasteiger partial charge in [0.05, 0.1) is 0 Å². The summed E-state index contributed by atoms with van der Waals surface area (Å²) in [7, 11) is 0. The van der Waals surface area contributed by atoms with Crippen LogP contribution >= 0.6 is 11.8 Å². The maximum atomic E-state index is 11.4. The first kappa shape index (κ1) is 11.1. The van der Waals surface area contributed by atoms with E-state index in [2.05, 4.69) is 5.32 Å². The van der Waals surface area contributed by atoms with Gasteiger partial charge < -0.3 is 5.32 Å². The standard InChI is InChI=1S/C11H15NOS/c1-8(2)14-11(13)12-10-6-4-9(3)5-7-10/h4-8H,1-3H3,(H,12,13). The van der Waals surface area contributed by atoms with Gasteiger partial charge in [0.25, 0.3) is 5.24 Å². The predicted molar refractivity (Wildman–Crippen MR) is 62.9 cm³/mol. The van der Waals surface area contributed by atoms with Crippen LogP contribution in [-0.4, -0.2) is 10.5 Å². The molecule has 0 unspecified atom stereocenters. The van der Waals surface area contributed by atoms with Gasteiger partial charge in [0.15, 0.2) is 0 Å². The Kier molecular flexibility index (Phi) is 4.01. The molecule has 0 heterocycles. The van der Waals surface area contributed by atoms with Gasteiger partial charge in [-0.2, -0.15) is 0 Å². The zero-order chi connectivity index (χ0) is 10.6. The summed E-state index contributed by atoms with van der Waals surface area (Å²) in [6, 6.07) is 7.79. The first-order chi connectivity index (χ1) is 6.58. The second-order valence-electron chi connectivity index (χ2n) is 3.45. The van der Waals surface area contributed by atoms with Crippen molar-refractivity contribution in [1.29, 1.82) is 0 Å². The van der Waals surface area contributed by atoms with Crippen molar-refractivity contribution in [1.82, 2.24) is 0 Å². The molecule has 0 fully saturated rings. The minimum atomic E-state index is 0.00357. The van der Waals surface area contributed by atoms with E-state index in [1.807, 2.05) is 45.0 Å². The van der Waals surface area contributed by atoms with Gasteiger partial charge in [-0.15, -0.1) is 0 Å². The van der Waals surface area contributed by atoms with Gasteiger partial charge in [-0.1, -0.05) is 43.3 Å². The lowest BCUT2D eigenvalue weighted by atomic mass is 10.2. The Balaban J connectivity index is 2.52. The summed E-state index contributed by atoms with van der Waals surface area (Å²) in [5.41, 5.74) is 2.05. The number of hydrogen-bond donors (Lipinski definition) is 1. The highest BCUT2D eigenvalue weighted by atomic mass is 32.2. The van der Waals surface area contributed by atoms with E-state index < -0.39 is 0 Å². The van der Waals surface area contributed by atoms with Gasteiger partial charge in [0, 0.05) is 10.9 Å². The quantitative estimate of drug-likeness (QED) is 0.805. The summed E-state index contributed by atoms with van der Waals surface area (Å²) in [5, 5.41) is 3.15. The van der Waals surface area contributed by atoms with E-state index in [9.17, 15) is 4.79 Å². The number of carbonyl (C=O) groups excluding carboxylic acids is 1. The Morgan fingerprint density at radius 3 is 2.36 bits per heavy atom. The molecule has 1 aromatic carbocycles. The highest BCUT2D eigenvalue weighted by molar-refractivity contribution is 8.14. The zero-order valence-electron chi connectivity index (χ0n) is 8.70. The van der Waals surface area contributed by atoms with E-state index in [-0.39, 0.29) is 5.24 Å². The summed E-state index contributed by atoms with van der Waals surface area (Å²) in [4.78, 5) is 11.4. The van der Waals surface area contributed by atoms with Crippen molar-refractivity contribution in [2.24, 2.45) is 0 Å². The number of nitrogens with one attached hydrogen (secondary N) is 1. The summed E-state index contributed by atoms with van der Waals surface area (Å²) < 4.78 is 0. The maximum Gasteiger partial charge on any atom is 0.283 e. The summed E-state index contributed by atoms with van der Waals surface area (Å²) in [5.74, 6) is 0. The molecule has 0 spiro atoms. The molecule has 0 aliphatic heterocycles. The van der Waals surface area contributed by atoms with Crippen LogP contribution in [0.4, 0.5) is 10.5 Å². The van der Waals surface area contributed by atoms with Gasteiger partial charge in [-0.05, 0) is 19.1 Å². The normalized spacial score (nSPS) is 10.3. The van der Waals surface area contributed by atoms with E-state index in [0.717, 1.165) is 5.69 Å². The van der Waals surface area contributed by atoms with Crippen LogP contribution in [0.3, 0.4) is 0 Å². The van der Waals surface area contributed by atoms with E-state index in [1.54, 1.807) is 0 Å². The molecule has 0 aliphatic rings. The van der Waals surface area contributed by atoms with Crippen molar-refractivity contribution in [2.45, 2.75) is 26.0 Å². The third-order valence-electron chi connectivity index (χ3n) is 1.64. The molecule has 0 aliphatic carbocycles. The summed E-state index contributed by atoms with van der Waals surface area (Å²) in [6.45, 7) is 6.02. The van der Waals surface area contributed by atoms with Crippen molar-refractivity contribution in [3.63, 3.8) is 0 Å². The SMILES string of the molecule is Cc1ccc(NC(=O)SC(C)C)cc1. The van der Waals surface area contributed by atoms with Gasteiger partial charge >= 0.3 is 0 Å². The fourth-order valence-corrected chi connectivity index (χ4v) is 1.60. The van der Waals surface area contributed by atoms with E-state index >= 15 is 0 Å². The monoisotopic (exact) mass is 209 g/mol. The van der Waals surface area contributed by atoms with Crippen molar-refractivity contribution in [2.75, 3.05) is 5.32 Å². The molecule has 1 N–H and O–H groups in total. The van der Waals surface area contributed by atoms with Crippen molar-refractivity contribution in [3.05, 3.63) is 29.8 Å². The third kappa shape index (κ3) is 3.83. The fourth-order valence-electron chi connectivity index (χ4n) is 0.998. The smallest absolute Gasteiger partial charge is 0.283 e. The lowest BCUT2D eigenvalue weighted by Gasteiger charge is -2.06. The molecule has 1 aromatic rings. The van der Waals surface area contributed by atoms with E-state index in [0.29, 0.717) is 5.25 Å². The first-order valence-corrected chi connectivity index (χ1v) is 5.50. The van der Waals surface area contributed by atoms with E-state index in [4.69, 9.17) is 0 Å². The molecule has 76 valence electrons. The molecule has 1 amide bonds. The second kappa shape index (κ2) is 5.05. The minimum Gasteiger partial charge on any atom is -0.317 e. The Labute approximate surface area is 89.1 Å². The van der Waals surface area contributed by atoms with Crippen molar-refractivity contribution < 1.29 is 4.79 Å². The maximum absolute atomic E-state index is 11.4. The average Bonchev–Trinajstić information content (AvgIpc) is 2.07. The Morgan fingerprint density at radius 1 is 1.29 bits per heavy atom. The molecule has 1 rings (SSSR count). The average molecular weight is 209 g/mol. The van der Waals surface area contributed by atoms with Crippen LogP contribution in [0.25, 0.3) is 0 Å². The minimum absolute atomic E-state index is 0.00357. The number of hydrogen-bond acceptors (Lipinski definition) is 2. The van der Waals surface area contributed by atoms with Crippen LogP contribution in [0.2, 0.25) is 0 Å². The topological polar surface area (TPSA) is 29.1 Å². The summed E-state index contributed by atoms with van der Waals surface area (Å²) in [6.07, 6.45) is 0. The number of rotatable bonds is 2. The predicted octanol–water partition coefficient (Wildman–Crippen LogP) is 3.67. The largest absolute Gasteiger partial charge is 0.317 e. The lowest BCUT2D eigenvalue weighted by molar-refractivity contribution is 0.269. The molecule has 0 radical (unpaired) electrons. The van der Waals surface area contributed by atoms with Crippen molar-refractivity contribution in [3.8, 4) is 0 Å².